The average molecular weight is 372 g/mol. The number of amides is 1. The Kier molecular flexibility index (Phi) is 4.16. The number of para-hydroxylation sites is 3. The number of hydrogen-bond acceptors (Lipinski definition) is 5. The zero-order valence-electron chi connectivity index (χ0n) is 15.3. The quantitative estimate of drug-likeness (QED) is 0.583. The normalized spacial score (nSPS) is 15.2. The average Bonchev–Trinajstić information content (AvgIpc) is 3.18. The molecule has 0 unspecified atom stereocenters. The van der Waals surface area contributed by atoms with Gasteiger partial charge in [-0.3, -0.25) is 9.78 Å². The van der Waals surface area contributed by atoms with Crippen LogP contribution in [-0.4, -0.2) is 29.0 Å². The van der Waals surface area contributed by atoms with Crippen LogP contribution in [0.1, 0.15) is 12.8 Å². The first-order valence-electron chi connectivity index (χ1n) is 9.52. The zero-order chi connectivity index (χ0) is 18.9. The van der Waals surface area contributed by atoms with E-state index >= 15 is 0 Å². The number of anilines is 2. The lowest BCUT2D eigenvalue weighted by molar-refractivity contribution is -0.120. The van der Waals surface area contributed by atoms with E-state index in [0.717, 1.165) is 53.6 Å². The van der Waals surface area contributed by atoms with Gasteiger partial charge in [-0.2, -0.15) is 4.98 Å². The van der Waals surface area contributed by atoms with E-state index in [1.165, 1.54) is 0 Å². The predicted octanol–water partition coefficient (Wildman–Crippen LogP) is 4.23. The van der Waals surface area contributed by atoms with Crippen LogP contribution in [0.3, 0.4) is 0 Å². The molecule has 5 rings (SSSR count). The number of oxazole rings is 1. The summed E-state index contributed by atoms with van der Waals surface area (Å²) < 4.78 is 5.85. The van der Waals surface area contributed by atoms with Crippen LogP contribution < -0.4 is 10.2 Å². The van der Waals surface area contributed by atoms with Crippen molar-refractivity contribution in [2.75, 3.05) is 23.3 Å². The van der Waals surface area contributed by atoms with Crippen LogP contribution in [0, 0.1) is 5.92 Å². The third-order valence-corrected chi connectivity index (χ3v) is 5.28. The van der Waals surface area contributed by atoms with Crippen molar-refractivity contribution in [1.82, 2.24) is 9.97 Å². The number of fused-ring (bicyclic) bond motifs is 2. The molecule has 3 heterocycles. The summed E-state index contributed by atoms with van der Waals surface area (Å²) in [6, 6.07) is 18.2. The van der Waals surface area contributed by atoms with Gasteiger partial charge in [0.1, 0.15) is 5.52 Å². The summed E-state index contributed by atoms with van der Waals surface area (Å²) in [7, 11) is 0. The molecule has 28 heavy (non-hydrogen) atoms. The summed E-state index contributed by atoms with van der Waals surface area (Å²) in [5, 5.41) is 4.04. The lowest BCUT2D eigenvalue weighted by Gasteiger charge is -2.30. The lowest BCUT2D eigenvalue weighted by atomic mass is 9.96. The molecule has 0 spiro atoms. The largest absolute Gasteiger partial charge is 0.423 e. The number of hydrogen-bond donors (Lipinski definition) is 1. The van der Waals surface area contributed by atoms with Crippen molar-refractivity contribution in [2.24, 2.45) is 5.92 Å². The Balaban J connectivity index is 1.23. The molecule has 4 aromatic rings. The molecular weight excluding hydrogens is 352 g/mol. The van der Waals surface area contributed by atoms with Crippen LogP contribution in [-0.2, 0) is 4.79 Å². The van der Waals surface area contributed by atoms with Gasteiger partial charge in [-0.25, -0.2) is 0 Å². The Morgan fingerprint density at radius 2 is 1.79 bits per heavy atom. The standard InChI is InChI=1S/C22H20N4O2/c27-21(24-17-13-16-5-1-2-6-18(16)23-14-17)15-9-11-26(12-10-15)22-25-19-7-3-4-8-20(19)28-22/h1-8,13-15H,9-12H2,(H,24,27). The van der Waals surface area contributed by atoms with Crippen LogP contribution in [0.2, 0.25) is 0 Å². The monoisotopic (exact) mass is 372 g/mol. The number of nitrogens with one attached hydrogen (secondary N) is 1. The number of carbonyl (C=O) groups is 1. The van der Waals surface area contributed by atoms with Gasteiger partial charge in [0.2, 0.25) is 5.91 Å². The van der Waals surface area contributed by atoms with Gasteiger partial charge in [0, 0.05) is 24.4 Å². The van der Waals surface area contributed by atoms with E-state index in [4.69, 9.17) is 4.42 Å². The van der Waals surface area contributed by atoms with Crippen molar-refractivity contribution >= 4 is 39.6 Å². The van der Waals surface area contributed by atoms with Crippen LogP contribution >= 0.6 is 0 Å². The van der Waals surface area contributed by atoms with Crippen molar-refractivity contribution < 1.29 is 9.21 Å². The molecule has 6 heteroatoms. The van der Waals surface area contributed by atoms with E-state index in [1.54, 1.807) is 6.20 Å². The second-order valence-corrected chi connectivity index (χ2v) is 7.13. The molecule has 0 atom stereocenters. The summed E-state index contributed by atoms with van der Waals surface area (Å²) in [4.78, 5) is 23.8. The maximum Gasteiger partial charge on any atom is 0.298 e. The Bertz CT molecular complexity index is 1110. The Labute approximate surface area is 162 Å². The molecule has 1 N–H and O–H groups in total. The van der Waals surface area contributed by atoms with Crippen molar-refractivity contribution in [3.05, 3.63) is 60.8 Å². The first-order chi connectivity index (χ1) is 13.8. The Morgan fingerprint density at radius 3 is 2.61 bits per heavy atom. The number of carbonyl (C=O) groups excluding carboxylic acids is 1. The molecule has 0 radical (unpaired) electrons. The number of benzene rings is 2. The van der Waals surface area contributed by atoms with E-state index in [9.17, 15) is 4.79 Å². The molecule has 1 saturated heterocycles. The SMILES string of the molecule is O=C(Nc1cnc2ccccc2c1)C1CCN(c2nc3ccccc3o2)CC1. The molecule has 1 fully saturated rings. The van der Waals surface area contributed by atoms with Crippen LogP contribution in [0.25, 0.3) is 22.0 Å². The van der Waals surface area contributed by atoms with Crippen molar-refractivity contribution in [3.8, 4) is 0 Å². The first kappa shape index (κ1) is 16.7. The smallest absolute Gasteiger partial charge is 0.298 e. The highest BCUT2D eigenvalue weighted by Crippen LogP contribution is 2.27. The summed E-state index contributed by atoms with van der Waals surface area (Å²) in [5.41, 5.74) is 3.32. The third-order valence-electron chi connectivity index (χ3n) is 5.28. The van der Waals surface area contributed by atoms with Gasteiger partial charge in [0.05, 0.1) is 17.4 Å². The lowest BCUT2D eigenvalue weighted by Crippen LogP contribution is -2.38. The van der Waals surface area contributed by atoms with Crippen LogP contribution in [0.15, 0.2) is 65.2 Å². The Hall–Kier alpha value is -3.41. The zero-order valence-corrected chi connectivity index (χ0v) is 15.3. The second-order valence-electron chi connectivity index (χ2n) is 7.13. The summed E-state index contributed by atoms with van der Waals surface area (Å²) in [6.07, 6.45) is 3.25. The minimum absolute atomic E-state index is 0.0212. The number of pyridine rings is 1. The van der Waals surface area contributed by atoms with Gasteiger partial charge >= 0.3 is 0 Å². The van der Waals surface area contributed by atoms with Crippen LogP contribution in [0.4, 0.5) is 11.7 Å². The van der Waals surface area contributed by atoms with Crippen molar-refractivity contribution in [1.29, 1.82) is 0 Å². The van der Waals surface area contributed by atoms with Gasteiger partial charge < -0.3 is 14.6 Å². The van der Waals surface area contributed by atoms with Crippen LogP contribution in [0.5, 0.6) is 0 Å². The van der Waals surface area contributed by atoms with E-state index in [2.05, 4.69) is 20.2 Å². The molecule has 1 amide bonds. The molecule has 0 aliphatic carbocycles. The van der Waals surface area contributed by atoms with Gasteiger partial charge in [0.15, 0.2) is 5.58 Å². The highest BCUT2D eigenvalue weighted by molar-refractivity contribution is 5.94. The van der Waals surface area contributed by atoms with Gasteiger partial charge in [-0.1, -0.05) is 30.3 Å². The highest BCUT2D eigenvalue weighted by Gasteiger charge is 2.27. The number of aromatic nitrogens is 2. The second kappa shape index (κ2) is 6.96. The summed E-state index contributed by atoms with van der Waals surface area (Å²) >= 11 is 0. The molecule has 6 nitrogen and oxygen atoms in total. The topological polar surface area (TPSA) is 71.3 Å². The summed E-state index contributed by atoms with van der Waals surface area (Å²) in [6.45, 7) is 1.50. The summed E-state index contributed by atoms with van der Waals surface area (Å²) in [5.74, 6) is 0.0291. The van der Waals surface area contributed by atoms with Crippen molar-refractivity contribution in [2.45, 2.75) is 12.8 Å². The third kappa shape index (κ3) is 3.17. The highest BCUT2D eigenvalue weighted by atomic mass is 16.4. The molecule has 2 aromatic heterocycles. The van der Waals surface area contributed by atoms with E-state index < -0.39 is 0 Å². The van der Waals surface area contributed by atoms with E-state index in [-0.39, 0.29) is 11.8 Å². The van der Waals surface area contributed by atoms with Gasteiger partial charge in [-0.05, 0) is 37.1 Å². The maximum atomic E-state index is 12.7. The molecule has 140 valence electrons. The number of nitrogens with zero attached hydrogens (tertiary/aromatic N) is 3. The minimum atomic E-state index is -0.0212. The van der Waals surface area contributed by atoms with Gasteiger partial charge in [0.25, 0.3) is 6.01 Å². The number of piperidine rings is 1. The fourth-order valence-corrected chi connectivity index (χ4v) is 3.71. The minimum Gasteiger partial charge on any atom is -0.423 e. The molecule has 0 bridgehead atoms. The number of rotatable bonds is 3. The predicted molar refractivity (Wildman–Crippen MR) is 109 cm³/mol. The first-order valence-corrected chi connectivity index (χ1v) is 9.52. The maximum absolute atomic E-state index is 12.7. The molecule has 1 aliphatic rings. The van der Waals surface area contributed by atoms with Gasteiger partial charge in [-0.15, -0.1) is 0 Å². The fraction of sp³-hybridized carbons (Fsp3) is 0.227. The van der Waals surface area contributed by atoms with E-state index in [1.807, 2.05) is 54.6 Å². The van der Waals surface area contributed by atoms with E-state index in [0.29, 0.717) is 6.01 Å². The molecule has 2 aromatic carbocycles. The van der Waals surface area contributed by atoms with Crippen molar-refractivity contribution in [3.63, 3.8) is 0 Å². The fourth-order valence-electron chi connectivity index (χ4n) is 3.71. The Morgan fingerprint density at radius 1 is 1.04 bits per heavy atom. The molecule has 1 aliphatic heterocycles. The molecular formula is C22H20N4O2. The molecule has 0 saturated carbocycles.